The number of carbonyl (C=O) groups is 1. The number of nitrogens with two attached hydrogens (primary N) is 1. The van der Waals surface area contributed by atoms with Crippen LogP contribution in [0.5, 0.6) is 0 Å². The van der Waals surface area contributed by atoms with Crippen molar-refractivity contribution < 1.29 is 17.9 Å². The average Bonchev–Trinajstić information content (AvgIpc) is 2.45. The molecule has 0 aromatic rings. The molecule has 1 rings (SSSR count). The highest BCUT2D eigenvalue weighted by Crippen LogP contribution is 2.20. The summed E-state index contributed by atoms with van der Waals surface area (Å²) in [6, 6.07) is -0.247. The molecule has 0 saturated carbocycles. The van der Waals surface area contributed by atoms with Gasteiger partial charge in [0.15, 0.2) is 0 Å². The molecule has 0 aliphatic carbocycles. The molecule has 3 N–H and O–H groups in total. The molecule has 0 bridgehead atoms. The number of piperidine rings is 1. The maximum atomic E-state index is 12.2. The van der Waals surface area contributed by atoms with Crippen LogP contribution in [0.4, 0.5) is 0 Å². The van der Waals surface area contributed by atoms with Crippen molar-refractivity contribution in [2.45, 2.75) is 39.2 Å². The summed E-state index contributed by atoms with van der Waals surface area (Å²) in [6.07, 6.45) is 1.65. The van der Waals surface area contributed by atoms with Gasteiger partial charge in [0, 0.05) is 25.7 Å². The smallest absolute Gasteiger partial charge is 0.309 e. The second-order valence-electron chi connectivity index (χ2n) is 4.89. The second-order valence-corrected chi connectivity index (χ2v) is 6.59. The molecule has 0 radical (unpaired) electrons. The summed E-state index contributed by atoms with van der Waals surface area (Å²) >= 11 is 0. The Labute approximate surface area is 121 Å². The summed E-state index contributed by atoms with van der Waals surface area (Å²) < 4.78 is 33.2. The van der Waals surface area contributed by atoms with Crippen LogP contribution in [-0.2, 0) is 19.7 Å². The van der Waals surface area contributed by atoms with Gasteiger partial charge < -0.3 is 10.5 Å². The minimum Gasteiger partial charge on any atom is -0.466 e. The molecule has 1 heterocycles. The standard InChI is InChI=1S/C12H25N3O4S/c1-3-11(9-13)14-20(17,18)15-7-5-10(6-8-15)12(16)19-4-2/h10-11,14H,3-9,13H2,1-2H3. The average molecular weight is 307 g/mol. The molecule has 0 aromatic heterocycles. The molecule has 1 saturated heterocycles. The highest BCUT2D eigenvalue weighted by Gasteiger charge is 2.32. The lowest BCUT2D eigenvalue weighted by Gasteiger charge is -2.31. The van der Waals surface area contributed by atoms with Crippen molar-refractivity contribution >= 4 is 16.2 Å². The zero-order valence-corrected chi connectivity index (χ0v) is 13.0. The molecule has 8 heteroatoms. The molecular formula is C12H25N3O4S. The van der Waals surface area contributed by atoms with E-state index in [-0.39, 0.29) is 24.5 Å². The fourth-order valence-electron chi connectivity index (χ4n) is 2.18. The summed E-state index contributed by atoms with van der Waals surface area (Å²) in [4.78, 5) is 11.6. The first-order valence-electron chi connectivity index (χ1n) is 7.08. The lowest BCUT2D eigenvalue weighted by molar-refractivity contribution is -0.149. The van der Waals surface area contributed by atoms with Crippen molar-refractivity contribution in [2.24, 2.45) is 11.7 Å². The van der Waals surface area contributed by atoms with Gasteiger partial charge in [-0.3, -0.25) is 4.79 Å². The molecule has 1 fully saturated rings. The van der Waals surface area contributed by atoms with Crippen LogP contribution in [0.15, 0.2) is 0 Å². The summed E-state index contributed by atoms with van der Waals surface area (Å²) in [5.74, 6) is -0.427. The summed E-state index contributed by atoms with van der Waals surface area (Å²) in [5.41, 5.74) is 5.51. The lowest BCUT2D eigenvalue weighted by Crippen LogP contribution is -2.50. The van der Waals surface area contributed by atoms with Crippen LogP contribution in [0.2, 0.25) is 0 Å². The van der Waals surface area contributed by atoms with Crippen LogP contribution in [0.1, 0.15) is 33.1 Å². The maximum Gasteiger partial charge on any atom is 0.309 e. The van der Waals surface area contributed by atoms with E-state index in [2.05, 4.69) is 4.72 Å². The van der Waals surface area contributed by atoms with E-state index in [0.717, 1.165) is 0 Å². The van der Waals surface area contributed by atoms with Gasteiger partial charge in [-0.1, -0.05) is 6.92 Å². The minimum atomic E-state index is -3.52. The molecule has 118 valence electrons. The van der Waals surface area contributed by atoms with Crippen LogP contribution in [-0.4, -0.2) is 51.0 Å². The molecule has 1 atom stereocenters. The Morgan fingerprint density at radius 2 is 2.00 bits per heavy atom. The number of carbonyl (C=O) groups excluding carboxylic acids is 1. The number of nitrogens with one attached hydrogen (secondary N) is 1. The molecule has 1 aliphatic heterocycles. The monoisotopic (exact) mass is 307 g/mol. The predicted octanol–water partition coefficient (Wildman–Crippen LogP) is -0.167. The van der Waals surface area contributed by atoms with Gasteiger partial charge in [-0.2, -0.15) is 17.4 Å². The molecule has 1 aliphatic rings. The number of rotatable bonds is 7. The third-order valence-electron chi connectivity index (χ3n) is 3.51. The van der Waals surface area contributed by atoms with Crippen molar-refractivity contribution in [1.29, 1.82) is 0 Å². The zero-order chi connectivity index (χ0) is 15.2. The molecule has 7 nitrogen and oxygen atoms in total. The van der Waals surface area contributed by atoms with Crippen LogP contribution in [0.25, 0.3) is 0 Å². The molecule has 20 heavy (non-hydrogen) atoms. The first kappa shape index (κ1) is 17.4. The van der Waals surface area contributed by atoms with E-state index in [0.29, 0.717) is 39.0 Å². The first-order valence-corrected chi connectivity index (χ1v) is 8.52. The Kier molecular flexibility index (Phi) is 6.87. The molecular weight excluding hydrogens is 282 g/mol. The van der Waals surface area contributed by atoms with Gasteiger partial charge in [0.2, 0.25) is 0 Å². The fourth-order valence-corrected chi connectivity index (χ4v) is 3.70. The topological polar surface area (TPSA) is 102 Å². The van der Waals surface area contributed by atoms with Crippen molar-refractivity contribution in [2.75, 3.05) is 26.2 Å². The van der Waals surface area contributed by atoms with Gasteiger partial charge in [-0.05, 0) is 26.2 Å². The van der Waals surface area contributed by atoms with Gasteiger partial charge in [0.1, 0.15) is 0 Å². The fraction of sp³-hybridized carbons (Fsp3) is 0.917. The van der Waals surface area contributed by atoms with Crippen LogP contribution < -0.4 is 10.5 Å². The van der Waals surface area contributed by atoms with Crippen molar-refractivity contribution in [3.63, 3.8) is 0 Å². The Morgan fingerprint density at radius 3 is 2.45 bits per heavy atom. The van der Waals surface area contributed by atoms with Crippen LogP contribution in [0.3, 0.4) is 0 Å². The van der Waals surface area contributed by atoms with E-state index in [1.54, 1.807) is 6.92 Å². The zero-order valence-electron chi connectivity index (χ0n) is 12.2. The predicted molar refractivity (Wildman–Crippen MR) is 76.1 cm³/mol. The lowest BCUT2D eigenvalue weighted by atomic mass is 9.98. The Bertz CT molecular complexity index is 401. The maximum absolute atomic E-state index is 12.2. The number of hydrogen-bond donors (Lipinski definition) is 2. The second kappa shape index (κ2) is 7.92. The first-order chi connectivity index (χ1) is 9.44. The SMILES string of the molecule is CCOC(=O)C1CCN(S(=O)(=O)NC(CC)CN)CC1. The Morgan fingerprint density at radius 1 is 1.40 bits per heavy atom. The van der Waals surface area contributed by atoms with E-state index in [9.17, 15) is 13.2 Å². The molecule has 0 aromatic carbocycles. The van der Waals surface area contributed by atoms with Gasteiger partial charge in [-0.15, -0.1) is 0 Å². The van der Waals surface area contributed by atoms with Crippen molar-refractivity contribution in [3.05, 3.63) is 0 Å². The normalized spacial score (nSPS) is 19.8. The van der Waals surface area contributed by atoms with E-state index < -0.39 is 10.2 Å². The molecule has 1 unspecified atom stereocenters. The summed E-state index contributed by atoms with van der Waals surface area (Å²) in [7, 11) is -3.52. The van der Waals surface area contributed by atoms with E-state index >= 15 is 0 Å². The quantitative estimate of drug-likeness (QED) is 0.636. The van der Waals surface area contributed by atoms with Gasteiger partial charge >= 0.3 is 5.97 Å². The minimum absolute atomic E-state index is 0.196. The third kappa shape index (κ3) is 4.69. The molecule has 0 amide bonds. The summed E-state index contributed by atoms with van der Waals surface area (Å²) in [6.45, 7) is 4.94. The Balaban J connectivity index is 2.53. The van der Waals surface area contributed by atoms with Crippen molar-refractivity contribution in [1.82, 2.24) is 9.03 Å². The van der Waals surface area contributed by atoms with Crippen molar-refractivity contribution in [3.8, 4) is 0 Å². The van der Waals surface area contributed by atoms with Gasteiger partial charge in [0.25, 0.3) is 10.2 Å². The van der Waals surface area contributed by atoms with E-state index in [1.165, 1.54) is 4.31 Å². The number of esters is 1. The number of nitrogens with zero attached hydrogens (tertiary/aromatic N) is 1. The number of hydrogen-bond acceptors (Lipinski definition) is 5. The largest absolute Gasteiger partial charge is 0.466 e. The Hall–Kier alpha value is -0.700. The number of ether oxygens (including phenoxy) is 1. The van der Waals surface area contributed by atoms with Gasteiger partial charge in [0.05, 0.1) is 12.5 Å². The van der Waals surface area contributed by atoms with E-state index in [4.69, 9.17) is 10.5 Å². The van der Waals surface area contributed by atoms with Crippen LogP contribution >= 0.6 is 0 Å². The highest BCUT2D eigenvalue weighted by atomic mass is 32.2. The van der Waals surface area contributed by atoms with Crippen LogP contribution in [0, 0.1) is 5.92 Å². The third-order valence-corrected chi connectivity index (χ3v) is 5.18. The van der Waals surface area contributed by atoms with Gasteiger partial charge in [-0.25, -0.2) is 0 Å². The summed E-state index contributed by atoms with van der Waals surface area (Å²) in [5, 5.41) is 0. The van der Waals surface area contributed by atoms with E-state index in [1.807, 2.05) is 6.92 Å². The highest BCUT2D eigenvalue weighted by molar-refractivity contribution is 7.87. The molecule has 0 spiro atoms.